The van der Waals surface area contributed by atoms with E-state index in [0.29, 0.717) is 10.4 Å². The number of hydrogen-bond acceptors (Lipinski definition) is 0. The van der Waals surface area contributed by atoms with Crippen LogP contribution in [-0.2, 0) is 0 Å². The first-order valence-electron chi connectivity index (χ1n) is 4.73. The van der Waals surface area contributed by atoms with E-state index in [1.54, 1.807) is 0 Å². The largest absolute Gasteiger partial charge is 0.110 e. The van der Waals surface area contributed by atoms with Crippen LogP contribution in [0.1, 0.15) is 40.0 Å². The van der Waals surface area contributed by atoms with Gasteiger partial charge in [-0.1, -0.05) is 35.7 Å². The second-order valence-corrected chi connectivity index (χ2v) is 5.01. The van der Waals surface area contributed by atoms with Crippen LogP contribution in [0.15, 0.2) is 21.2 Å². The fourth-order valence-electron chi connectivity index (χ4n) is 1.86. The Kier molecular flexibility index (Phi) is 3.87. The summed E-state index contributed by atoms with van der Waals surface area (Å²) in [4.78, 5) is 0. The maximum atomic E-state index is 5.87. The molecule has 0 nitrogen and oxygen atoms in total. The summed E-state index contributed by atoms with van der Waals surface area (Å²) >= 11 is 11.7. The van der Waals surface area contributed by atoms with E-state index in [9.17, 15) is 0 Å². The highest BCUT2D eigenvalue weighted by Gasteiger charge is 2.20. The summed E-state index contributed by atoms with van der Waals surface area (Å²) in [6, 6.07) is 0. The molecular weight excluding hydrogens is 203 g/mol. The molecule has 1 aliphatic rings. The summed E-state index contributed by atoms with van der Waals surface area (Å²) in [7, 11) is 0. The van der Waals surface area contributed by atoms with E-state index in [1.807, 2.05) is 0 Å². The average molecular weight is 219 g/mol. The first-order valence-corrected chi connectivity index (χ1v) is 5.48. The van der Waals surface area contributed by atoms with Gasteiger partial charge >= 0.3 is 0 Å². The molecule has 1 aliphatic carbocycles. The third kappa shape index (κ3) is 2.75. The Labute approximate surface area is 90.6 Å². The molecule has 0 saturated heterocycles. The van der Waals surface area contributed by atoms with Crippen molar-refractivity contribution in [2.24, 2.45) is 5.92 Å². The van der Waals surface area contributed by atoms with Gasteiger partial charge in [0.15, 0.2) is 0 Å². The maximum absolute atomic E-state index is 5.87. The third-order valence-electron chi connectivity index (χ3n) is 2.64. The Balaban J connectivity index is 3.00. The lowest BCUT2D eigenvalue weighted by Gasteiger charge is -2.25. The van der Waals surface area contributed by atoms with E-state index in [0.717, 1.165) is 12.8 Å². The van der Waals surface area contributed by atoms with E-state index in [-0.39, 0.29) is 0 Å². The highest BCUT2D eigenvalue weighted by molar-refractivity contribution is 6.56. The van der Waals surface area contributed by atoms with E-state index in [2.05, 4.69) is 20.8 Å². The van der Waals surface area contributed by atoms with Gasteiger partial charge in [0.1, 0.15) is 4.49 Å². The summed E-state index contributed by atoms with van der Waals surface area (Å²) < 4.78 is 0.461. The van der Waals surface area contributed by atoms with Crippen molar-refractivity contribution in [1.29, 1.82) is 0 Å². The Hall–Kier alpha value is 0.0600. The SMILES string of the molecule is CC(C)=C1CC[C@@H](C)CC1=C(Cl)Cl. The van der Waals surface area contributed by atoms with Crippen LogP contribution in [0.4, 0.5) is 0 Å². The number of hydrogen-bond donors (Lipinski definition) is 0. The van der Waals surface area contributed by atoms with Crippen LogP contribution in [0.25, 0.3) is 0 Å². The summed E-state index contributed by atoms with van der Waals surface area (Å²) in [5, 5.41) is 0. The molecule has 1 saturated carbocycles. The highest BCUT2D eigenvalue weighted by atomic mass is 35.5. The van der Waals surface area contributed by atoms with Crippen LogP contribution < -0.4 is 0 Å². The minimum Gasteiger partial charge on any atom is -0.0729 e. The van der Waals surface area contributed by atoms with Gasteiger partial charge < -0.3 is 0 Å². The molecule has 0 amide bonds. The lowest BCUT2D eigenvalue weighted by Crippen LogP contribution is -2.09. The summed E-state index contributed by atoms with van der Waals surface area (Å²) in [6.07, 6.45) is 3.41. The molecule has 0 unspecified atom stereocenters. The quantitative estimate of drug-likeness (QED) is 0.547. The summed E-state index contributed by atoms with van der Waals surface area (Å²) in [5.41, 5.74) is 3.89. The molecule has 0 aromatic heterocycles. The van der Waals surface area contributed by atoms with Gasteiger partial charge in [-0.3, -0.25) is 0 Å². The van der Waals surface area contributed by atoms with Gasteiger partial charge in [-0.2, -0.15) is 0 Å². The van der Waals surface area contributed by atoms with Crippen LogP contribution in [0.2, 0.25) is 0 Å². The van der Waals surface area contributed by atoms with Crippen LogP contribution in [0.3, 0.4) is 0 Å². The van der Waals surface area contributed by atoms with E-state index in [4.69, 9.17) is 23.2 Å². The molecule has 0 radical (unpaired) electrons. The van der Waals surface area contributed by atoms with Crippen molar-refractivity contribution in [2.75, 3.05) is 0 Å². The molecule has 0 aromatic carbocycles. The molecule has 1 atom stereocenters. The molecule has 0 aromatic rings. The molecular formula is C11H16Cl2. The van der Waals surface area contributed by atoms with Crippen LogP contribution in [-0.4, -0.2) is 0 Å². The van der Waals surface area contributed by atoms with Crippen molar-refractivity contribution in [1.82, 2.24) is 0 Å². The van der Waals surface area contributed by atoms with E-state index >= 15 is 0 Å². The van der Waals surface area contributed by atoms with Crippen molar-refractivity contribution in [3.63, 3.8) is 0 Å². The van der Waals surface area contributed by atoms with Crippen molar-refractivity contribution in [3.05, 3.63) is 21.2 Å². The molecule has 1 rings (SSSR count). The monoisotopic (exact) mass is 218 g/mol. The van der Waals surface area contributed by atoms with Gasteiger partial charge in [0.05, 0.1) is 0 Å². The fraction of sp³-hybridized carbons (Fsp3) is 0.636. The van der Waals surface area contributed by atoms with E-state index < -0.39 is 0 Å². The predicted octanol–water partition coefficient (Wildman–Crippen LogP) is 4.83. The average Bonchev–Trinajstić information content (AvgIpc) is 2.03. The minimum absolute atomic E-state index is 0.461. The van der Waals surface area contributed by atoms with Crippen LogP contribution >= 0.6 is 23.2 Å². The van der Waals surface area contributed by atoms with Gasteiger partial charge in [-0.25, -0.2) is 0 Å². The predicted molar refractivity (Wildman–Crippen MR) is 60.1 cm³/mol. The smallest absolute Gasteiger partial charge is 0.0729 e. The molecule has 0 heterocycles. The van der Waals surface area contributed by atoms with Crippen molar-refractivity contribution >= 4 is 23.2 Å². The van der Waals surface area contributed by atoms with Gasteiger partial charge in [0, 0.05) is 0 Å². The van der Waals surface area contributed by atoms with Crippen LogP contribution in [0, 0.1) is 5.92 Å². The molecule has 0 bridgehead atoms. The minimum atomic E-state index is 0.461. The molecule has 1 fully saturated rings. The van der Waals surface area contributed by atoms with Crippen molar-refractivity contribution in [3.8, 4) is 0 Å². The number of allylic oxidation sites excluding steroid dienone is 3. The number of halogens is 2. The zero-order valence-corrected chi connectivity index (χ0v) is 9.97. The molecule has 2 heteroatoms. The fourth-order valence-corrected chi connectivity index (χ4v) is 2.24. The second kappa shape index (κ2) is 4.52. The van der Waals surface area contributed by atoms with Gasteiger partial charge in [0.25, 0.3) is 0 Å². The highest BCUT2D eigenvalue weighted by Crippen LogP contribution is 2.38. The first kappa shape index (κ1) is 11.1. The van der Waals surface area contributed by atoms with Crippen LogP contribution in [0.5, 0.6) is 0 Å². The zero-order valence-electron chi connectivity index (χ0n) is 8.45. The molecule has 74 valence electrons. The van der Waals surface area contributed by atoms with E-state index in [1.165, 1.54) is 23.1 Å². The second-order valence-electron chi connectivity index (χ2n) is 4.07. The summed E-state index contributed by atoms with van der Waals surface area (Å²) in [5.74, 6) is 0.714. The Morgan fingerprint density at radius 1 is 1.23 bits per heavy atom. The molecule has 13 heavy (non-hydrogen) atoms. The standard InChI is InChI=1S/C11H16Cl2/c1-7(2)9-5-4-8(3)6-10(9)11(12)13/h8H,4-6H2,1-3H3/t8-/m1/s1. The Morgan fingerprint density at radius 2 is 1.85 bits per heavy atom. The normalized spacial score (nSPS) is 23.3. The third-order valence-corrected chi connectivity index (χ3v) is 3.09. The first-order chi connectivity index (χ1) is 6.02. The zero-order chi connectivity index (χ0) is 10.0. The van der Waals surface area contributed by atoms with Gasteiger partial charge in [-0.05, 0) is 50.2 Å². The molecule has 0 N–H and O–H groups in total. The van der Waals surface area contributed by atoms with Gasteiger partial charge in [-0.15, -0.1) is 0 Å². The summed E-state index contributed by atoms with van der Waals surface area (Å²) in [6.45, 7) is 6.50. The van der Waals surface area contributed by atoms with Gasteiger partial charge in [0.2, 0.25) is 0 Å². The van der Waals surface area contributed by atoms with Crippen molar-refractivity contribution < 1.29 is 0 Å². The van der Waals surface area contributed by atoms with Crippen molar-refractivity contribution in [2.45, 2.75) is 40.0 Å². The Bertz CT molecular complexity index is 253. The molecule has 0 aliphatic heterocycles. The maximum Gasteiger partial charge on any atom is 0.110 e. The lowest BCUT2D eigenvalue weighted by molar-refractivity contribution is 0.495. The molecule has 0 spiro atoms. The Morgan fingerprint density at radius 3 is 2.31 bits per heavy atom. The topological polar surface area (TPSA) is 0 Å². The lowest BCUT2D eigenvalue weighted by atomic mass is 9.82. The number of rotatable bonds is 0.